The fourth-order valence-corrected chi connectivity index (χ4v) is 2.67. The average molecular weight is 384 g/mol. The highest BCUT2D eigenvalue weighted by Crippen LogP contribution is 2.12. The highest BCUT2D eigenvalue weighted by molar-refractivity contribution is 6.30. The van der Waals surface area contributed by atoms with Crippen molar-refractivity contribution < 1.29 is 9.18 Å². The molecule has 27 heavy (non-hydrogen) atoms. The van der Waals surface area contributed by atoms with E-state index in [-0.39, 0.29) is 11.7 Å². The van der Waals surface area contributed by atoms with Crippen LogP contribution in [-0.2, 0) is 13.0 Å². The minimum atomic E-state index is -0.302. The third kappa shape index (κ3) is 5.79. The smallest absolute Gasteiger partial charge is 0.270 e. The highest BCUT2D eigenvalue weighted by Gasteiger charge is 2.08. The summed E-state index contributed by atoms with van der Waals surface area (Å²) in [6.07, 6.45) is 2.43. The molecule has 0 fully saturated rings. The lowest BCUT2D eigenvalue weighted by Gasteiger charge is -2.09. The van der Waals surface area contributed by atoms with Crippen LogP contribution >= 0.6 is 11.6 Å². The van der Waals surface area contributed by atoms with Crippen molar-refractivity contribution in [3.63, 3.8) is 0 Å². The highest BCUT2D eigenvalue weighted by atomic mass is 35.5. The first kappa shape index (κ1) is 18.9. The van der Waals surface area contributed by atoms with Crippen LogP contribution in [0.3, 0.4) is 0 Å². The largest absolute Gasteiger partial charge is 0.385 e. The number of rotatable bonds is 7. The Labute approximate surface area is 162 Å². The first-order valence-electron chi connectivity index (χ1n) is 8.57. The first-order chi connectivity index (χ1) is 13.1. The Kier molecular flexibility index (Phi) is 6.39. The number of benzene rings is 2. The number of anilines is 1. The number of hydrogen-bond donors (Lipinski definition) is 2. The third-order valence-corrected chi connectivity index (χ3v) is 4.27. The molecule has 1 heterocycles. The molecule has 0 atom stereocenters. The molecule has 0 aliphatic rings. The van der Waals surface area contributed by atoms with Crippen LogP contribution in [-0.4, -0.2) is 17.4 Å². The SMILES string of the molecule is O=C(NCc1ccc(F)cc1)c1cc(NCCc2ccc(Cl)cc2)ccn1. The molecule has 1 amide bonds. The number of carbonyl (C=O) groups is 1. The molecular formula is C21H19ClFN3O. The maximum absolute atomic E-state index is 12.9. The van der Waals surface area contributed by atoms with Gasteiger partial charge in [0, 0.05) is 30.0 Å². The van der Waals surface area contributed by atoms with Gasteiger partial charge in [-0.2, -0.15) is 0 Å². The summed E-state index contributed by atoms with van der Waals surface area (Å²) in [6, 6.07) is 17.3. The topological polar surface area (TPSA) is 54.0 Å². The predicted molar refractivity (Wildman–Crippen MR) is 105 cm³/mol. The average Bonchev–Trinajstić information content (AvgIpc) is 2.69. The number of pyridine rings is 1. The van der Waals surface area contributed by atoms with Gasteiger partial charge in [-0.25, -0.2) is 4.39 Å². The van der Waals surface area contributed by atoms with E-state index in [0.717, 1.165) is 29.2 Å². The summed E-state index contributed by atoms with van der Waals surface area (Å²) in [5, 5.41) is 6.79. The number of amides is 1. The van der Waals surface area contributed by atoms with Crippen LogP contribution in [0.4, 0.5) is 10.1 Å². The lowest BCUT2D eigenvalue weighted by atomic mass is 10.1. The zero-order valence-corrected chi connectivity index (χ0v) is 15.3. The number of nitrogens with zero attached hydrogens (tertiary/aromatic N) is 1. The second-order valence-corrected chi connectivity index (χ2v) is 6.48. The van der Waals surface area contributed by atoms with Crippen LogP contribution < -0.4 is 10.6 Å². The zero-order chi connectivity index (χ0) is 19.1. The Morgan fingerprint density at radius 2 is 1.70 bits per heavy atom. The molecule has 0 saturated carbocycles. The molecule has 3 aromatic rings. The van der Waals surface area contributed by atoms with Gasteiger partial charge in [-0.15, -0.1) is 0 Å². The van der Waals surface area contributed by atoms with Gasteiger partial charge in [0.2, 0.25) is 0 Å². The molecule has 138 valence electrons. The van der Waals surface area contributed by atoms with Crippen LogP contribution in [0.5, 0.6) is 0 Å². The molecule has 0 saturated heterocycles. The van der Waals surface area contributed by atoms with E-state index in [1.54, 1.807) is 24.4 Å². The molecule has 0 radical (unpaired) electrons. The van der Waals surface area contributed by atoms with Gasteiger partial charge in [0.15, 0.2) is 0 Å². The molecule has 1 aromatic heterocycles. The van der Waals surface area contributed by atoms with Gasteiger partial charge in [0.1, 0.15) is 11.5 Å². The Morgan fingerprint density at radius 3 is 2.44 bits per heavy atom. The van der Waals surface area contributed by atoms with Gasteiger partial charge in [0.05, 0.1) is 0 Å². The summed E-state index contributed by atoms with van der Waals surface area (Å²) >= 11 is 5.88. The summed E-state index contributed by atoms with van der Waals surface area (Å²) in [6.45, 7) is 1.04. The number of carbonyl (C=O) groups excluding carboxylic acids is 1. The number of nitrogens with one attached hydrogen (secondary N) is 2. The van der Waals surface area contributed by atoms with Crippen molar-refractivity contribution in [3.05, 3.63) is 94.5 Å². The van der Waals surface area contributed by atoms with Gasteiger partial charge in [-0.3, -0.25) is 9.78 Å². The monoisotopic (exact) mass is 383 g/mol. The van der Waals surface area contributed by atoms with Crippen LogP contribution in [0.15, 0.2) is 66.9 Å². The van der Waals surface area contributed by atoms with Crippen molar-refractivity contribution in [2.75, 3.05) is 11.9 Å². The number of halogens is 2. The molecule has 2 N–H and O–H groups in total. The van der Waals surface area contributed by atoms with E-state index in [1.807, 2.05) is 30.3 Å². The lowest BCUT2D eigenvalue weighted by molar-refractivity contribution is 0.0946. The molecular weight excluding hydrogens is 365 g/mol. The van der Waals surface area contributed by atoms with Crippen molar-refractivity contribution in [2.24, 2.45) is 0 Å². The third-order valence-electron chi connectivity index (χ3n) is 4.01. The summed E-state index contributed by atoms with van der Waals surface area (Å²) in [5.74, 6) is -0.579. The summed E-state index contributed by atoms with van der Waals surface area (Å²) in [4.78, 5) is 16.4. The van der Waals surface area contributed by atoms with Crippen LogP contribution in [0, 0.1) is 5.82 Å². The minimum Gasteiger partial charge on any atom is -0.385 e. The second-order valence-electron chi connectivity index (χ2n) is 6.04. The molecule has 2 aromatic carbocycles. The second kappa shape index (κ2) is 9.14. The Bertz CT molecular complexity index is 898. The van der Waals surface area contributed by atoms with Gasteiger partial charge < -0.3 is 10.6 Å². The van der Waals surface area contributed by atoms with Crippen molar-refractivity contribution >= 4 is 23.2 Å². The van der Waals surface area contributed by atoms with E-state index in [9.17, 15) is 9.18 Å². The van der Waals surface area contributed by atoms with Gasteiger partial charge in [-0.05, 0) is 53.9 Å². The van der Waals surface area contributed by atoms with E-state index in [4.69, 9.17) is 11.6 Å². The normalized spacial score (nSPS) is 10.4. The predicted octanol–water partition coefficient (Wildman–Crippen LogP) is 4.46. The molecule has 0 aliphatic heterocycles. The standard InChI is InChI=1S/C21H19ClFN3O/c22-17-5-1-15(2-6-17)9-11-24-19-10-12-25-20(13-19)21(27)26-14-16-3-7-18(23)8-4-16/h1-8,10,12-13H,9,11,14H2,(H,24,25)(H,26,27). The van der Waals surface area contributed by atoms with Gasteiger partial charge in [-0.1, -0.05) is 35.9 Å². The fourth-order valence-electron chi connectivity index (χ4n) is 2.54. The van der Waals surface area contributed by atoms with Gasteiger partial charge >= 0.3 is 0 Å². The molecule has 0 aliphatic carbocycles. The van der Waals surface area contributed by atoms with Crippen molar-refractivity contribution in [1.29, 1.82) is 0 Å². The van der Waals surface area contributed by atoms with E-state index in [0.29, 0.717) is 12.2 Å². The van der Waals surface area contributed by atoms with Crippen molar-refractivity contribution in [3.8, 4) is 0 Å². The van der Waals surface area contributed by atoms with E-state index < -0.39 is 0 Å². The van der Waals surface area contributed by atoms with Gasteiger partial charge in [0.25, 0.3) is 5.91 Å². The summed E-state index contributed by atoms with van der Waals surface area (Å²) < 4.78 is 12.9. The first-order valence-corrected chi connectivity index (χ1v) is 8.95. The summed E-state index contributed by atoms with van der Waals surface area (Å²) in [7, 11) is 0. The fraction of sp³-hybridized carbons (Fsp3) is 0.143. The zero-order valence-electron chi connectivity index (χ0n) is 14.6. The maximum atomic E-state index is 12.9. The molecule has 4 nitrogen and oxygen atoms in total. The van der Waals surface area contributed by atoms with Crippen LogP contribution in [0.1, 0.15) is 21.6 Å². The number of hydrogen-bond acceptors (Lipinski definition) is 3. The van der Waals surface area contributed by atoms with Crippen molar-refractivity contribution in [2.45, 2.75) is 13.0 Å². The maximum Gasteiger partial charge on any atom is 0.270 e. The Balaban J connectivity index is 1.52. The summed E-state index contributed by atoms with van der Waals surface area (Å²) in [5.41, 5.74) is 3.15. The Hall–Kier alpha value is -2.92. The Morgan fingerprint density at radius 1 is 1.00 bits per heavy atom. The quantitative estimate of drug-likeness (QED) is 0.633. The molecule has 6 heteroatoms. The van der Waals surface area contributed by atoms with E-state index >= 15 is 0 Å². The van der Waals surface area contributed by atoms with Crippen LogP contribution in [0.2, 0.25) is 5.02 Å². The number of aromatic nitrogens is 1. The minimum absolute atomic E-state index is 0.277. The molecule has 0 bridgehead atoms. The lowest BCUT2D eigenvalue weighted by Crippen LogP contribution is -2.24. The van der Waals surface area contributed by atoms with Crippen molar-refractivity contribution in [1.82, 2.24) is 10.3 Å². The van der Waals surface area contributed by atoms with E-state index in [2.05, 4.69) is 15.6 Å². The van der Waals surface area contributed by atoms with E-state index in [1.165, 1.54) is 17.7 Å². The molecule has 3 rings (SSSR count). The van der Waals surface area contributed by atoms with Crippen LogP contribution in [0.25, 0.3) is 0 Å². The molecule has 0 unspecified atom stereocenters. The molecule has 0 spiro atoms.